The standard InChI is InChI=1S/C37H47FN4O5S/c1-34(2,3)47-33(44)42-24-36(45,26-10-8-7-9-11-26)23-31(42)32(43)40-30-22-28(14-15-29(30)38)37(19-16-25-12-13-25,27-17-20-39-21-18-27)41-48(46)35(4,5)6/h7-11,14-15,17-18,20-22,25,31,41,45H,12-13,16,19,23-24H2,1-6H3,(H,40,43). The van der Waals surface area contributed by atoms with Crippen LogP contribution in [0.4, 0.5) is 14.9 Å². The maximum absolute atomic E-state index is 15.6. The van der Waals surface area contributed by atoms with Crippen LogP contribution in [-0.2, 0) is 31.7 Å². The minimum Gasteiger partial charge on any atom is -0.444 e. The van der Waals surface area contributed by atoms with Crippen LogP contribution in [-0.4, -0.2) is 54.1 Å². The summed E-state index contributed by atoms with van der Waals surface area (Å²) in [6.45, 7) is 10.6. The Morgan fingerprint density at radius 2 is 1.69 bits per heavy atom. The van der Waals surface area contributed by atoms with Crippen LogP contribution in [0.15, 0.2) is 73.1 Å². The molecular weight excluding hydrogens is 631 g/mol. The molecule has 11 heteroatoms. The van der Waals surface area contributed by atoms with E-state index in [1.165, 1.54) is 11.0 Å². The molecule has 1 aliphatic heterocycles. The van der Waals surface area contributed by atoms with Crippen LogP contribution in [0.1, 0.15) is 90.3 Å². The molecule has 0 radical (unpaired) electrons. The van der Waals surface area contributed by atoms with Gasteiger partial charge >= 0.3 is 6.09 Å². The summed E-state index contributed by atoms with van der Waals surface area (Å²) < 4.78 is 37.8. The summed E-state index contributed by atoms with van der Waals surface area (Å²) in [4.78, 5) is 32.8. The Balaban J connectivity index is 1.52. The first-order chi connectivity index (χ1) is 22.5. The first-order valence-electron chi connectivity index (χ1n) is 16.5. The molecule has 5 rings (SSSR count). The van der Waals surface area contributed by atoms with Gasteiger partial charge in [0.2, 0.25) is 5.91 Å². The Kier molecular flexibility index (Phi) is 10.2. The molecule has 2 heterocycles. The molecule has 0 spiro atoms. The molecule has 2 aliphatic rings. The molecule has 2 fully saturated rings. The quantitative estimate of drug-likeness (QED) is 0.224. The Hall–Kier alpha value is -3.67. The number of rotatable bonds is 10. The van der Waals surface area contributed by atoms with Crippen molar-refractivity contribution < 1.29 is 28.0 Å². The van der Waals surface area contributed by atoms with Crippen LogP contribution >= 0.6 is 0 Å². The smallest absolute Gasteiger partial charge is 0.411 e. The van der Waals surface area contributed by atoms with Crippen molar-refractivity contribution in [2.75, 3.05) is 11.9 Å². The zero-order valence-electron chi connectivity index (χ0n) is 28.6. The van der Waals surface area contributed by atoms with Crippen molar-refractivity contribution in [1.82, 2.24) is 14.6 Å². The summed E-state index contributed by atoms with van der Waals surface area (Å²) in [5, 5.41) is 14.4. The van der Waals surface area contributed by atoms with Gasteiger partial charge in [0.15, 0.2) is 0 Å². The van der Waals surface area contributed by atoms with Gasteiger partial charge in [0.1, 0.15) is 23.1 Å². The molecule has 3 aromatic rings. The van der Waals surface area contributed by atoms with Gasteiger partial charge in [-0.15, -0.1) is 0 Å². The number of ether oxygens (including phenoxy) is 1. The van der Waals surface area contributed by atoms with Crippen molar-refractivity contribution in [2.24, 2.45) is 5.92 Å². The number of amides is 2. The van der Waals surface area contributed by atoms with E-state index in [0.717, 1.165) is 24.8 Å². The van der Waals surface area contributed by atoms with E-state index in [-0.39, 0.29) is 18.7 Å². The lowest BCUT2D eigenvalue weighted by atomic mass is 9.79. The molecule has 258 valence electrons. The van der Waals surface area contributed by atoms with Crippen LogP contribution in [0.3, 0.4) is 0 Å². The van der Waals surface area contributed by atoms with Crippen LogP contribution in [0.25, 0.3) is 0 Å². The number of carbonyl (C=O) groups is 2. The summed E-state index contributed by atoms with van der Waals surface area (Å²) in [6.07, 6.45) is 6.19. The summed E-state index contributed by atoms with van der Waals surface area (Å²) in [5.41, 5.74) is -1.45. The number of hydrogen-bond acceptors (Lipinski definition) is 6. The van der Waals surface area contributed by atoms with E-state index in [4.69, 9.17) is 4.74 Å². The van der Waals surface area contributed by atoms with E-state index in [1.54, 1.807) is 69.6 Å². The van der Waals surface area contributed by atoms with Crippen LogP contribution in [0, 0.1) is 11.7 Å². The number of nitrogens with one attached hydrogen (secondary N) is 2. The maximum atomic E-state index is 15.6. The first-order valence-corrected chi connectivity index (χ1v) is 17.6. The molecule has 1 saturated heterocycles. The van der Waals surface area contributed by atoms with Gasteiger partial charge in [-0.2, -0.15) is 0 Å². The first kappa shape index (κ1) is 35.6. The molecule has 2 aromatic carbocycles. The average Bonchev–Trinajstić information content (AvgIpc) is 3.79. The number of carbonyl (C=O) groups excluding carboxylic acids is 2. The third kappa shape index (κ3) is 8.13. The molecule has 1 aliphatic carbocycles. The highest BCUT2D eigenvalue weighted by Gasteiger charge is 2.50. The number of likely N-dealkylation sites (tertiary alicyclic amines) is 1. The molecule has 2 amide bonds. The van der Waals surface area contributed by atoms with Gasteiger partial charge in [0.05, 0.1) is 33.5 Å². The van der Waals surface area contributed by atoms with Crippen molar-refractivity contribution in [2.45, 2.75) is 101 Å². The lowest BCUT2D eigenvalue weighted by Gasteiger charge is -2.38. The molecule has 1 aromatic heterocycles. The monoisotopic (exact) mass is 678 g/mol. The van der Waals surface area contributed by atoms with Crippen LogP contribution in [0.5, 0.6) is 0 Å². The van der Waals surface area contributed by atoms with Crippen molar-refractivity contribution in [1.29, 1.82) is 0 Å². The lowest BCUT2D eigenvalue weighted by Crippen LogP contribution is -2.49. The third-order valence-corrected chi connectivity index (χ3v) is 10.6. The fraction of sp³-hybridized carbons (Fsp3) is 0.486. The highest BCUT2D eigenvalue weighted by molar-refractivity contribution is 7.84. The largest absolute Gasteiger partial charge is 0.444 e. The van der Waals surface area contributed by atoms with Crippen LogP contribution in [0.2, 0.25) is 0 Å². The zero-order valence-corrected chi connectivity index (χ0v) is 29.4. The van der Waals surface area contributed by atoms with Crippen molar-refractivity contribution >= 4 is 28.7 Å². The number of benzene rings is 2. The highest BCUT2D eigenvalue weighted by atomic mass is 32.2. The topological polar surface area (TPSA) is 121 Å². The fourth-order valence-corrected chi connectivity index (χ4v) is 7.05. The van der Waals surface area contributed by atoms with Gasteiger partial charge in [-0.1, -0.05) is 49.2 Å². The summed E-state index contributed by atoms with van der Waals surface area (Å²) in [5.74, 6) is -0.780. The van der Waals surface area contributed by atoms with Crippen molar-refractivity contribution in [3.8, 4) is 0 Å². The van der Waals surface area contributed by atoms with Gasteiger partial charge in [-0.3, -0.25) is 14.7 Å². The number of aromatic nitrogens is 1. The summed E-state index contributed by atoms with van der Waals surface area (Å²) >= 11 is 0. The van der Waals surface area contributed by atoms with E-state index in [2.05, 4.69) is 15.0 Å². The number of β-amino-alcohol motifs (C(OH)–C–C–N with tert-alkyl or cyclic N) is 1. The van der Waals surface area contributed by atoms with Gasteiger partial charge in [-0.05, 0) is 101 Å². The van der Waals surface area contributed by atoms with Gasteiger partial charge in [0.25, 0.3) is 0 Å². The number of aliphatic hydroxyl groups is 1. The lowest BCUT2D eigenvalue weighted by molar-refractivity contribution is -0.120. The van der Waals surface area contributed by atoms with Crippen molar-refractivity contribution in [3.05, 3.63) is 95.6 Å². The summed E-state index contributed by atoms with van der Waals surface area (Å²) in [6, 6.07) is 15.9. The highest BCUT2D eigenvalue weighted by Crippen LogP contribution is 2.43. The number of pyridine rings is 1. The predicted octanol–water partition coefficient (Wildman–Crippen LogP) is 6.54. The molecule has 48 heavy (non-hydrogen) atoms. The fourth-order valence-electron chi connectivity index (χ4n) is 6.09. The van der Waals surface area contributed by atoms with E-state index >= 15 is 4.39 Å². The van der Waals surface area contributed by atoms with Gasteiger partial charge in [-0.25, -0.2) is 18.1 Å². The molecule has 1 saturated carbocycles. The third-order valence-electron chi connectivity index (χ3n) is 8.92. The second-order valence-electron chi connectivity index (χ2n) is 15.0. The SMILES string of the molecule is CC(C)(C)OC(=O)N1CC(O)(c2ccccc2)CC1C(=O)Nc1cc(C(CCC2CC2)(NS(=O)C(C)(C)C)c2ccncc2)ccc1F. The average molecular weight is 679 g/mol. The molecule has 4 unspecified atom stereocenters. The van der Waals surface area contributed by atoms with E-state index in [9.17, 15) is 18.9 Å². The van der Waals surface area contributed by atoms with Gasteiger partial charge in [0, 0.05) is 18.8 Å². The second kappa shape index (κ2) is 13.7. The maximum Gasteiger partial charge on any atom is 0.411 e. The van der Waals surface area contributed by atoms with E-state index in [0.29, 0.717) is 23.5 Å². The minimum absolute atomic E-state index is 0.0926. The minimum atomic E-state index is -1.53. The van der Waals surface area contributed by atoms with Crippen LogP contribution < -0.4 is 10.0 Å². The van der Waals surface area contributed by atoms with Gasteiger partial charge < -0.3 is 15.2 Å². The number of halogens is 1. The van der Waals surface area contributed by atoms with E-state index in [1.807, 2.05) is 39.0 Å². The molecule has 3 N–H and O–H groups in total. The number of anilines is 1. The summed E-state index contributed by atoms with van der Waals surface area (Å²) in [7, 11) is -1.51. The molecule has 9 nitrogen and oxygen atoms in total. The predicted molar refractivity (Wildman–Crippen MR) is 185 cm³/mol. The normalized spacial score (nSPS) is 21.8. The molecule has 4 atom stereocenters. The Labute approximate surface area is 285 Å². The second-order valence-corrected chi connectivity index (χ2v) is 17.0. The Bertz CT molecular complexity index is 1640. The molecular formula is C37H47FN4O5S. The van der Waals surface area contributed by atoms with E-state index < -0.39 is 56.3 Å². The Morgan fingerprint density at radius 3 is 2.29 bits per heavy atom. The Morgan fingerprint density at radius 1 is 1.02 bits per heavy atom. The zero-order chi connectivity index (χ0) is 34.9. The molecule has 0 bridgehead atoms. The number of nitrogens with zero attached hydrogens (tertiary/aromatic N) is 2. The van der Waals surface area contributed by atoms with Crippen molar-refractivity contribution in [3.63, 3.8) is 0 Å². The number of hydrogen-bond donors (Lipinski definition) is 3.